The van der Waals surface area contributed by atoms with Gasteiger partial charge >= 0.3 is 6.61 Å². The molecule has 0 aliphatic rings. The predicted octanol–water partition coefficient (Wildman–Crippen LogP) is 3.79. The zero-order valence-corrected chi connectivity index (χ0v) is 12.3. The van der Waals surface area contributed by atoms with Gasteiger partial charge in [0.15, 0.2) is 0 Å². The Kier molecular flexibility index (Phi) is 4.27. The molecule has 0 fully saturated rings. The number of fused-ring (bicyclic) bond motifs is 1. The van der Waals surface area contributed by atoms with Gasteiger partial charge in [0.1, 0.15) is 11.5 Å². The minimum absolute atomic E-state index is 0.101. The minimum atomic E-state index is -2.88. The second kappa shape index (κ2) is 6.51. The first-order valence-corrected chi connectivity index (χ1v) is 6.96. The molecule has 0 aliphatic heterocycles. The van der Waals surface area contributed by atoms with Crippen LogP contribution < -0.4 is 14.8 Å². The predicted molar refractivity (Wildman–Crippen MR) is 83.0 cm³/mol. The lowest BCUT2D eigenvalue weighted by molar-refractivity contribution is -0.0504. The van der Waals surface area contributed by atoms with Crippen LogP contribution in [-0.2, 0) is 6.54 Å². The van der Waals surface area contributed by atoms with Crippen molar-refractivity contribution in [3.63, 3.8) is 0 Å². The van der Waals surface area contributed by atoms with Gasteiger partial charge in [-0.3, -0.25) is 0 Å². The van der Waals surface area contributed by atoms with Gasteiger partial charge in [0.2, 0.25) is 5.95 Å². The van der Waals surface area contributed by atoms with E-state index in [4.69, 9.17) is 4.74 Å². The number of ether oxygens (including phenoxy) is 2. The summed E-state index contributed by atoms with van der Waals surface area (Å²) in [4.78, 5) is 7.49. The fraction of sp³-hybridized carbons (Fsp3) is 0.188. The monoisotopic (exact) mass is 319 g/mol. The number of aromatic amines is 1. The minimum Gasteiger partial charge on any atom is -0.497 e. The van der Waals surface area contributed by atoms with Crippen molar-refractivity contribution in [1.29, 1.82) is 0 Å². The van der Waals surface area contributed by atoms with E-state index < -0.39 is 6.61 Å². The van der Waals surface area contributed by atoms with Crippen LogP contribution >= 0.6 is 0 Å². The highest BCUT2D eigenvalue weighted by Crippen LogP contribution is 2.26. The maximum Gasteiger partial charge on any atom is 0.387 e. The van der Waals surface area contributed by atoms with E-state index in [1.807, 2.05) is 24.3 Å². The van der Waals surface area contributed by atoms with E-state index in [2.05, 4.69) is 20.0 Å². The van der Waals surface area contributed by atoms with Crippen LogP contribution in [0.15, 0.2) is 42.5 Å². The van der Waals surface area contributed by atoms with Crippen molar-refractivity contribution in [2.24, 2.45) is 0 Å². The highest BCUT2D eigenvalue weighted by molar-refractivity contribution is 5.77. The number of hydrogen-bond acceptors (Lipinski definition) is 4. The molecule has 3 aromatic rings. The summed E-state index contributed by atoms with van der Waals surface area (Å²) in [6.45, 7) is -2.62. The lowest BCUT2D eigenvalue weighted by atomic mass is 10.2. The number of rotatable bonds is 6. The maximum atomic E-state index is 12.5. The standard InChI is InChI=1S/C16H15F2N3O2/c1-22-11-6-7-14(23-15(17)18)10(8-11)9-19-16-20-12-4-2-3-5-13(12)21-16/h2-8,15H,9H2,1H3,(H2,19,20,21). The first-order valence-electron chi connectivity index (χ1n) is 6.96. The summed E-state index contributed by atoms with van der Waals surface area (Å²) < 4.78 is 34.6. The fourth-order valence-corrected chi connectivity index (χ4v) is 2.25. The van der Waals surface area contributed by atoms with Crippen molar-refractivity contribution in [3.05, 3.63) is 48.0 Å². The Bertz CT molecular complexity index is 772. The summed E-state index contributed by atoms with van der Waals surface area (Å²) in [5, 5.41) is 3.07. The van der Waals surface area contributed by atoms with Gasteiger partial charge in [0, 0.05) is 12.1 Å². The molecule has 3 rings (SSSR count). The summed E-state index contributed by atoms with van der Waals surface area (Å²) in [5.74, 6) is 1.22. The van der Waals surface area contributed by atoms with Crippen molar-refractivity contribution >= 4 is 17.0 Å². The van der Waals surface area contributed by atoms with E-state index in [0.29, 0.717) is 17.3 Å². The van der Waals surface area contributed by atoms with Crippen molar-refractivity contribution in [3.8, 4) is 11.5 Å². The zero-order valence-electron chi connectivity index (χ0n) is 12.3. The first-order chi connectivity index (χ1) is 11.2. The van der Waals surface area contributed by atoms with Crippen molar-refractivity contribution in [2.45, 2.75) is 13.2 Å². The van der Waals surface area contributed by atoms with Crippen LogP contribution in [0.4, 0.5) is 14.7 Å². The van der Waals surface area contributed by atoms with Gasteiger partial charge in [-0.1, -0.05) is 12.1 Å². The number of benzene rings is 2. The highest BCUT2D eigenvalue weighted by atomic mass is 19.3. The normalized spacial score (nSPS) is 11.0. The third kappa shape index (κ3) is 3.50. The number of alkyl halides is 2. The third-order valence-corrected chi connectivity index (χ3v) is 3.32. The molecular formula is C16H15F2N3O2. The average Bonchev–Trinajstić information content (AvgIpc) is 2.96. The molecule has 0 radical (unpaired) electrons. The van der Waals surface area contributed by atoms with Gasteiger partial charge in [-0.2, -0.15) is 8.78 Å². The van der Waals surface area contributed by atoms with Crippen LogP contribution in [0.5, 0.6) is 11.5 Å². The number of nitrogens with zero attached hydrogens (tertiary/aromatic N) is 1. The van der Waals surface area contributed by atoms with Crippen LogP contribution in [-0.4, -0.2) is 23.7 Å². The van der Waals surface area contributed by atoms with E-state index in [1.165, 1.54) is 13.2 Å². The molecule has 120 valence electrons. The quantitative estimate of drug-likeness (QED) is 0.726. The van der Waals surface area contributed by atoms with E-state index >= 15 is 0 Å². The Hall–Kier alpha value is -2.83. The third-order valence-electron chi connectivity index (χ3n) is 3.32. The smallest absolute Gasteiger partial charge is 0.387 e. The molecule has 5 nitrogen and oxygen atoms in total. The molecule has 0 atom stereocenters. The second-order valence-electron chi connectivity index (χ2n) is 4.81. The average molecular weight is 319 g/mol. The Labute approximate surface area is 131 Å². The molecule has 1 heterocycles. The highest BCUT2D eigenvalue weighted by Gasteiger charge is 2.11. The summed E-state index contributed by atoms with van der Waals surface area (Å²) in [7, 11) is 1.51. The molecule has 2 N–H and O–H groups in total. The molecule has 0 saturated heterocycles. The molecule has 0 bridgehead atoms. The Morgan fingerprint density at radius 3 is 2.78 bits per heavy atom. The van der Waals surface area contributed by atoms with E-state index in [9.17, 15) is 8.78 Å². The van der Waals surface area contributed by atoms with Crippen LogP contribution in [0.1, 0.15) is 5.56 Å². The van der Waals surface area contributed by atoms with Gasteiger partial charge in [-0.15, -0.1) is 0 Å². The van der Waals surface area contributed by atoms with Gasteiger partial charge in [-0.05, 0) is 30.3 Å². The Balaban J connectivity index is 1.80. The summed E-state index contributed by atoms with van der Waals surface area (Å²) >= 11 is 0. The van der Waals surface area contributed by atoms with Gasteiger partial charge in [0.25, 0.3) is 0 Å². The van der Waals surface area contributed by atoms with Crippen LogP contribution in [0.2, 0.25) is 0 Å². The van der Waals surface area contributed by atoms with Gasteiger partial charge in [0.05, 0.1) is 18.1 Å². The molecule has 23 heavy (non-hydrogen) atoms. The summed E-state index contributed by atoms with van der Waals surface area (Å²) in [6.07, 6.45) is 0. The zero-order chi connectivity index (χ0) is 16.2. The lowest BCUT2D eigenvalue weighted by Gasteiger charge is -2.12. The lowest BCUT2D eigenvalue weighted by Crippen LogP contribution is -2.08. The van der Waals surface area contributed by atoms with E-state index in [-0.39, 0.29) is 12.3 Å². The number of anilines is 1. The number of para-hydroxylation sites is 2. The van der Waals surface area contributed by atoms with Crippen molar-refractivity contribution < 1.29 is 18.3 Å². The Morgan fingerprint density at radius 1 is 1.22 bits per heavy atom. The Morgan fingerprint density at radius 2 is 2.04 bits per heavy atom. The molecule has 0 spiro atoms. The molecule has 7 heteroatoms. The summed E-state index contributed by atoms with van der Waals surface area (Å²) in [6, 6.07) is 12.3. The first kappa shape index (κ1) is 15.1. The van der Waals surface area contributed by atoms with Gasteiger partial charge in [-0.25, -0.2) is 4.98 Å². The van der Waals surface area contributed by atoms with Crippen LogP contribution in [0.25, 0.3) is 11.0 Å². The fourth-order valence-electron chi connectivity index (χ4n) is 2.25. The number of halogens is 2. The maximum absolute atomic E-state index is 12.5. The number of aromatic nitrogens is 2. The SMILES string of the molecule is COc1ccc(OC(F)F)c(CNc2nc3ccccc3[nH]2)c1. The number of imidazole rings is 1. The molecule has 2 aromatic carbocycles. The number of H-pyrrole nitrogens is 1. The molecule has 1 aromatic heterocycles. The number of methoxy groups -OCH3 is 1. The van der Waals surface area contributed by atoms with Crippen molar-refractivity contribution in [1.82, 2.24) is 9.97 Å². The van der Waals surface area contributed by atoms with Crippen LogP contribution in [0, 0.1) is 0 Å². The second-order valence-corrected chi connectivity index (χ2v) is 4.81. The molecule has 0 amide bonds. The molecule has 0 aliphatic carbocycles. The summed E-state index contributed by atoms with van der Waals surface area (Å²) in [5.41, 5.74) is 2.26. The van der Waals surface area contributed by atoms with Crippen LogP contribution in [0.3, 0.4) is 0 Å². The van der Waals surface area contributed by atoms with E-state index in [0.717, 1.165) is 11.0 Å². The largest absolute Gasteiger partial charge is 0.497 e. The molecular weight excluding hydrogens is 304 g/mol. The number of hydrogen-bond donors (Lipinski definition) is 2. The number of nitrogens with one attached hydrogen (secondary N) is 2. The molecule has 0 unspecified atom stereocenters. The van der Waals surface area contributed by atoms with Gasteiger partial charge < -0.3 is 19.8 Å². The van der Waals surface area contributed by atoms with Crippen molar-refractivity contribution in [2.75, 3.05) is 12.4 Å². The topological polar surface area (TPSA) is 59.2 Å². The molecule has 0 saturated carbocycles. The van der Waals surface area contributed by atoms with E-state index in [1.54, 1.807) is 12.1 Å².